The Bertz CT molecular complexity index is 1920. The lowest BCUT2D eigenvalue weighted by Crippen LogP contribution is -2.67. The average molecular weight is 680 g/mol. The molecule has 14 nitrogen and oxygen atoms in total. The SMILES string of the molecule is COc1ccc(CCN2C(=O)C(N3C(=O)C4C5CC(C4C3=O)C3C5N=NN3c3ccc([N+](=O)[O-])cc3)C2c2ccc(N(C)C)cc2)cc1OC. The van der Waals surface area contributed by atoms with E-state index in [9.17, 15) is 24.5 Å². The molecule has 2 bridgehead atoms. The number of carbonyl (C=O) groups is 3. The molecule has 0 radical (unpaired) electrons. The summed E-state index contributed by atoms with van der Waals surface area (Å²) in [6, 6.07) is 17.7. The number of fused-ring (bicyclic) bond motifs is 8. The first-order valence-corrected chi connectivity index (χ1v) is 16.7. The molecule has 2 saturated carbocycles. The van der Waals surface area contributed by atoms with Gasteiger partial charge < -0.3 is 19.3 Å². The van der Waals surface area contributed by atoms with Crippen LogP contribution in [0.25, 0.3) is 0 Å². The molecule has 3 aromatic carbocycles. The zero-order valence-corrected chi connectivity index (χ0v) is 28.1. The number of nitro groups is 1. The summed E-state index contributed by atoms with van der Waals surface area (Å²) in [5, 5.41) is 21.9. The Morgan fingerprint density at radius 3 is 2.18 bits per heavy atom. The average Bonchev–Trinajstić information content (AvgIpc) is 3.88. The molecule has 0 N–H and O–H groups in total. The van der Waals surface area contributed by atoms with Crippen LogP contribution in [0.4, 0.5) is 17.1 Å². The number of non-ortho nitro benzene ring substituents is 1. The number of benzene rings is 3. The van der Waals surface area contributed by atoms with E-state index in [0.717, 1.165) is 16.8 Å². The summed E-state index contributed by atoms with van der Waals surface area (Å²) in [4.78, 5) is 58.6. The summed E-state index contributed by atoms with van der Waals surface area (Å²) in [6.45, 7) is 0.383. The van der Waals surface area contributed by atoms with E-state index < -0.39 is 28.8 Å². The van der Waals surface area contributed by atoms with Gasteiger partial charge in [-0.15, -0.1) is 0 Å². The summed E-state index contributed by atoms with van der Waals surface area (Å²) in [5.41, 5.74) is 3.41. The van der Waals surface area contributed by atoms with E-state index >= 15 is 0 Å². The van der Waals surface area contributed by atoms with Crippen LogP contribution in [0.15, 0.2) is 77.1 Å². The number of amides is 3. The minimum atomic E-state index is -0.942. The van der Waals surface area contributed by atoms with Crippen molar-refractivity contribution >= 4 is 34.8 Å². The maximum Gasteiger partial charge on any atom is 0.269 e. The van der Waals surface area contributed by atoms with Crippen LogP contribution in [-0.4, -0.2) is 85.4 Å². The quantitative estimate of drug-likeness (QED) is 0.134. The van der Waals surface area contributed by atoms with Gasteiger partial charge >= 0.3 is 0 Å². The highest BCUT2D eigenvalue weighted by molar-refractivity contribution is 6.10. The summed E-state index contributed by atoms with van der Waals surface area (Å²) in [6.07, 6.45) is 1.19. The van der Waals surface area contributed by atoms with Gasteiger partial charge in [0.15, 0.2) is 11.5 Å². The number of nitro benzene ring substituents is 1. The topological polar surface area (TPSA) is 150 Å². The van der Waals surface area contributed by atoms with Gasteiger partial charge in [-0.3, -0.25) is 29.4 Å². The largest absolute Gasteiger partial charge is 0.493 e. The number of nitrogens with zero attached hydrogens (tertiary/aromatic N) is 7. The monoisotopic (exact) mass is 679 g/mol. The molecule has 3 heterocycles. The molecule has 50 heavy (non-hydrogen) atoms. The maximum atomic E-state index is 14.4. The van der Waals surface area contributed by atoms with Gasteiger partial charge in [-0.25, -0.2) is 5.01 Å². The van der Waals surface area contributed by atoms with E-state index in [-0.39, 0.29) is 47.3 Å². The second kappa shape index (κ2) is 11.8. The second-order valence-corrected chi connectivity index (χ2v) is 13.8. The molecule has 3 aliphatic heterocycles. The first-order valence-electron chi connectivity index (χ1n) is 16.7. The van der Waals surface area contributed by atoms with Gasteiger partial charge in [0.2, 0.25) is 17.7 Å². The molecular weight excluding hydrogens is 642 g/mol. The second-order valence-electron chi connectivity index (χ2n) is 13.8. The van der Waals surface area contributed by atoms with Crippen LogP contribution in [0.1, 0.15) is 23.6 Å². The Balaban J connectivity index is 1.07. The fourth-order valence-corrected chi connectivity index (χ4v) is 8.98. The van der Waals surface area contributed by atoms with Gasteiger partial charge in [0, 0.05) is 38.5 Å². The number of imide groups is 1. The summed E-state index contributed by atoms with van der Waals surface area (Å²) in [5.74, 6) is -1.18. The molecule has 8 rings (SSSR count). The number of rotatable bonds is 10. The fourth-order valence-electron chi connectivity index (χ4n) is 8.98. The van der Waals surface area contributed by atoms with E-state index in [4.69, 9.17) is 9.47 Å². The predicted octanol–water partition coefficient (Wildman–Crippen LogP) is 4.05. The number of β-lactam (4-membered cyclic amide) rings is 1. The number of methoxy groups -OCH3 is 2. The number of ether oxygens (including phenoxy) is 2. The number of hydrogen-bond donors (Lipinski definition) is 0. The summed E-state index contributed by atoms with van der Waals surface area (Å²) in [7, 11) is 7.06. The molecule has 0 aromatic heterocycles. The zero-order chi connectivity index (χ0) is 35.0. The number of hydrogen-bond acceptors (Lipinski definition) is 11. The van der Waals surface area contributed by atoms with Crippen LogP contribution < -0.4 is 19.4 Å². The van der Waals surface area contributed by atoms with E-state index in [1.807, 2.05) is 61.5 Å². The highest BCUT2D eigenvalue weighted by Gasteiger charge is 2.72. The Morgan fingerprint density at radius 2 is 1.54 bits per heavy atom. The lowest BCUT2D eigenvalue weighted by molar-refractivity contribution is -0.384. The van der Waals surface area contributed by atoms with Crippen molar-refractivity contribution in [2.75, 3.05) is 44.8 Å². The van der Waals surface area contributed by atoms with E-state index in [1.165, 1.54) is 17.0 Å². The molecular formula is C36H37N7O7. The van der Waals surface area contributed by atoms with Crippen molar-refractivity contribution in [3.63, 3.8) is 0 Å². The normalized spacial score (nSPS) is 29.0. The molecule has 2 aliphatic carbocycles. The summed E-state index contributed by atoms with van der Waals surface area (Å²) < 4.78 is 10.8. The molecule has 8 atom stereocenters. The highest BCUT2D eigenvalue weighted by Crippen LogP contribution is 2.61. The lowest BCUT2D eigenvalue weighted by Gasteiger charge is -2.50. The molecule has 8 unspecified atom stereocenters. The Kier molecular flexibility index (Phi) is 7.49. The molecule has 3 aromatic rings. The summed E-state index contributed by atoms with van der Waals surface area (Å²) >= 11 is 0. The minimum Gasteiger partial charge on any atom is -0.493 e. The zero-order valence-electron chi connectivity index (χ0n) is 28.1. The Labute approximate surface area is 288 Å². The van der Waals surface area contributed by atoms with Crippen molar-refractivity contribution in [1.29, 1.82) is 0 Å². The van der Waals surface area contributed by atoms with Crippen molar-refractivity contribution in [2.45, 2.75) is 37.0 Å². The standard InChI is InChI=1S/C36H37N7O7/c1-39(2)21-8-6-20(7-9-21)31-33(36(46)40(31)16-15-19-5-14-26(49-3)27(17-19)50-4)41-34(44)28-24-18-25(29(28)35(41)45)32-30(24)37-38-42(32)22-10-12-23(13-11-22)43(47)48/h5-14,17,24-25,28-33H,15-16,18H2,1-4H3. The first-order chi connectivity index (χ1) is 24.1. The number of carbonyl (C=O) groups excluding carboxylic acids is 3. The Hall–Kier alpha value is -5.53. The van der Waals surface area contributed by atoms with Crippen molar-refractivity contribution in [3.05, 3.63) is 88.0 Å². The Morgan fingerprint density at radius 1 is 0.860 bits per heavy atom. The van der Waals surface area contributed by atoms with Crippen LogP contribution in [0.2, 0.25) is 0 Å². The fraction of sp³-hybridized carbons (Fsp3) is 0.417. The van der Waals surface area contributed by atoms with E-state index in [1.54, 1.807) is 36.3 Å². The smallest absolute Gasteiger partial charge is 0.269 e. The lowest BCUT2D eigenvalue weighted by atomic mass is 9.76. The molecule has 2 saturated heterocycles. The van der Waals surface area contributed by atoms with Gasteiger partial charge in [0.1, 0.15) is 6.04 Å². The van der Waals surface area contributed by atoms with Gasteiger partial charge in [0.05, 0.1) is 54.8 Å². The number of anilines is 2. The molecule has 258 valence electrons. The minimum absolute atomic E-state index is 0.0319. The molecule has 14 heteroatoms. The molecule has 0 spiro atoms. The van der Waals surface area contributed by atoms with E-state index in [0.29, 0.717) is 36.6 Å². The molecule has 4 fully saturated rings. The molecule has 3 amide bonds. The molecule has 5 aliphatic rings. The van der Waals surface area contributed by atoms with Crippen molar-refractivity contribution in [2.24, 2.45) is 34.0 Å². The third-order valence-electron chi connectivity index (χ3n) is 11.3. The highest BCUT2D eigenvalue weighted by atomic mass is 16.6. The van der Waals surface area contributed by atoms with E-state index in [2.05, 4.69) is 10.3 Å². The van der Waals surface area contributed by atoms with Gasteiger partial charge in [0.25, 0.3) is 5.69 Å². The number of likely N-dealkylation sites (tertiary alicyclic amines) is 2. The van der Waals surface area contributed by atoms with Crippen molar-refractivity contribution in [3.8, 4) is 11.5 Å². The van der Waals surface area contributed by atoms with Crippen LogP contribution in [0.3, 0.4) is 0 Å². The van der Waals surface area contributed by atoms with Gasteiger partial charge in [-0.2, -0.15) is 5.11 Å². The maximum absolute atomic E-state index is 14.4. The third kappa shape index (κ3) is 4.64. The van der Waals surface area contributed by atoms with Crippen LogP contribution in [-0.2, 0) is 20.8 Å². The van der Waals surface area contributed by atoms with Crippen molar-refractivity contribution < 1.29 is 28.8 Å². The first kappa shape index (κ1) is 31.7. The van der Waals surface area contributed by atoms with Crippen molar-refractivity contribution in [1.82, 2.24) is 9.80 Å². The third-order valence-corrected chi connectivity index (χ3v) is 11.3. The van der Waals surface area contributed by atoms with Gasteiger partial charge in [-0.1, -0.05) is 23.4 Å². The van der Waals surface area contributed by atoms with Crippen LogP contribution in [0, 0.1) is 33.8 Å². The van der Waals surface area contributed by atoms with Gasteiger partial charge in [-0.05, 0) is 72.2 Å². The van der Waals surface area contributed by atoms with Crippen LogP contribution >= 0.6 is 0 Å². The predicted molar refractivity (Wildman–Crippen MR) is 181 cm³/mol. The van der Waals surface area contributed by atoms with Crippen LogP contribution in [0.5, 0.6) is 11.5 Å².